The number of amides is 1. The summed E-state index contributed by atoms with van der Waals surface area (Å²) in [7, 11) is 1.59. The standard InChI is InChI=1S/C23H18N6O2S/c1-31-16-10-6-5-9-15(16)19-20-17(32-21(19)22(24)30)13-25-23(28-20)27-18-11-12-26-29(18)14-7-3-2-4-8-14/h2-13H,1H3,(H2,24,30)(H,25,27,28). The molecule has 0 aliphatic carbocycles. The van der Waals surface area contributed by atoms with Gasteiger partial charge in [-0.2, -0.15) is 5.10 Å². The predicted molar refractivity (Wildman–Crippen MR) is 125 cm³/mol. The Labute approximate surface area is 187 Å². The third-order valence-electron chi connectivity index (χ3n) is 4.91. The Balaban J connectivity index is 1.62. The molecule has 0 unspecified atom stereocenters. The number of aromatic nitrogens is 4. The molecule has 8 nitrogen and oxygen atoms in total. The van der Waals surface area contributed by atoms with Crippen molar-refractivity contribution >= 4 is 39.2 Å². The van der Waals surface area contributed by atoms with Crippen LogP contribution in [0.15, 0.2) is 73.1 Å². The molecule has 5 aromatic rings. The lowest BCUT2D eigenvalue weighted by Crippen LogP contribution is -2.10. The molecule has 0 radical (unpaired) electrons. The summed E-state index contributed by atoms with van der Waals surface area (Å²) >= 11 is 1.26. The second-order valence-electron chi connectivity index (χ2n) is 6.87. The summed E-state index contributed by atoms with van der Waals surface area (Å²) in [5.74, 6) is 1.19. The first-order valence-corrected chi connectivity index (χ1v) is 10.6. The van der Waals surface area contributed by atoms with Crippen molar-refractivity contribution in [3.8, 4) is 22.6 Å². The number of hydrogen-bond acceptors (Lipinski definition) is 7. The Bertz CT molecular complexity index is 1430. The molecule has 0 aliphatic heterocycles. The highest BCUT2D eigenvalue weighted by Crippen LogP contribution is 2.41. The molecule has 0 saturated heterocycles. The minimum atomic E-state index is -0.523. The molecule has 3 N–H and O–H groups in total. The summed E-state index contributed by atoms with van der Waals surface area (Å²) < 4.78 is 8.03. The molecule has 9 heteroatoms. The number of carbonyl (C=O) groups excluding carboxylic acids is 1. The van der Waals surface area contributed by atoms with Gasteiger partial charge in [0.05, 0.1) is 35.4 Å². The van der Waals surface area contributed by atoms with Gasteiger partial charge in [0.2, 0.25) is 5.95 Å². The molecule has 0 aliphatic rings. The number of ether oxygens (including phenoxy) is 1. The van der Waals surface area contributed by atoms with E-state index in [2.05, 4.69) is 15.4 Å². The zero-order chi connectivity index (χ0) is 22.1. The van der Waals surface area contributed by atoms with Gasteiger partial charge in [0.25, 0.3) is 5.91 Å². The van der Waals surface area contributed by atoms with Crippen LogP contribution in [0.4, 0.5) is 11.8 Å². The van der Waals surface area contributed by atoms with Crippen molar-refractivity contribution in [2.75, 3.05) is 12.4 Å². The molecule has 5 rings (SSSR count). The van der Waals surface area contributed by atoms with Gasteiger partial charge in [-0.25, -0.2) is 14.6 Å². The molecule has 0 fully saturated rings. The number of anilines is 2. The number of benzene rings is 2. The Kier molecular flexibility index (Phi) is 5.00. The molecule has 158 valence electrons. The SMILES string of the molecule is COc1ccccc1-c1c(C(N)=O)sc2cnc(Nc3ccnn3-c3ccccc3)nc12. The highest BCUT2D eigenvalue weighted by Gasteiger charge is 2.22. The van der Waals surface area contributed by atoms with E-state index < -0.39 is 5.91 Å². The van der Waals surface area contributed by atoms with Crippen molar-refractivity contribution in [2.45, 2.75) is 0 Å². The molecular weight excluding hydrogens is 424 g/mol. The molecule has 3 aromatic heterocycles. The van der Waals surface area contributed by atoms with E-state index in [0.717, 1.165) is 16.0 Å². The Morgan fingerprint density at radius 2 is 1.88 bits per heavy atom. The quantitative estimate of drug-likeness (QED) is 0.404. The number of para-hydroxylation sites is 2. The van der Waals surface area contributed by atoms with E-state index in [0.29, 0.717) is 33.5 Å². The van der Waals surface area contributed by atoms with Gasteiger partial charge in [0.15, 0.2) is 0 Å². The van der Waals surface area contributed by atoms with Crippen molar-refractivity contribution in [3.63, 3.8) is 0 Å². The minimum absolute atomic E-state index is 0.375. The van der Waals surface area contributed by atoms with Crippen LogP contribution in [-0.2, 0) is 0 Å². The van der Waals surface area contributed by atoms with Crippen LogP contribution in [0.25, 0.3) is 27.0 Å². The van der Waals surface area contributed by atoms with Gasteiger partial charge >= 0.3 is 0 Å². The molecule has 2 aromatic carbocycles. The summed E-state index contributed by atoms with van der Waals surface area (Å²) in [6.45, 7) is 0. The summed E-state index contributed by atoms with van der Waals surface area (Å²) in [5.41, 5.74) is 8.60. The number of primary amides is 1. The van der Waals surface area contributed by atoms with Gasteiger partial charge < -0.3 is 15.8 Å². The molecule has 1 amide bonds. The van der Waals surface area contributed by atoms with E-state index in [-0.39, 0.29) is 0 Å². The Morgan fingerprint density at radius 3 is 2.66 bits per heavy atom. The van der Waals surface area contributed by atoms with Gasteiger partial charge in [-0.3, -0.25) is 4.79 Å². The van der Waals surface area contributed by atoms with Crippen LogP contribution >= 0.6 is 11.3 Å². The fraction of sp³-hybridized carbons (Fsp3) is 0.0435. The van der Waals surface area contributed by atoms with Crippen LogP contribution < -0.4 is 15.8 Å². The number of carbonyl (C=O) groups is 1. The van der Waals surface area contributed by atoms with E-state index in [9.17, 15) is 4.79 Å². The summed E-state index contributed by atoms with van der Waals surface area (Å²) in [6, 6.07) is 19.1. The van der Waals surface area contributed by atoms with Gasteiger partial charge in [0.1, 0.15) is 16.4 Å². The maximum absolute atomic E-state index is 12.2. The maximum Gasteiger partial charge on any atom is 0.259 e. The van der Waals surface area contributed by atoms with Crippen LogP contribution in [0, 0.1) is 0 Å². The second-order valence-corrected chi connectivity index (χ2v) is 7.92. The number of hydrogen-bond donors (Lipinski definition) is 2. The van der Waals surface area contributed by atoms with Crippen LogP contribution in [0.1, 0.15) is 9.67 Å². The summed E-state index contributed by atoms with van der Waals surface area (Å²) in [4.78, 5) is 21.8. The molecule has 3 heterocycles. The third-order valence-corrected chi connectivity index (χ3v) is 6.04. The minimum Gasteiger partial charge on any atom is -0.496 e. The van der Waals surface area contributed by atoms with Gasteiger partial charge in [-0.15, -0.1) is 11.3 Å². The predicted octanol–water partition coefficient (Wildman–Crippen LogP) is 4.40. The zero-order valence-electron chi connectivity index (χ0n) is 17.0. The average molecular weight is 443 g/mol. The average Bonchev–Trinajstić information content (AvgIpc) is 3.44. The van der Waals surface area contributed by atoms with Crippen LogP contribution in [-0.4, -0.2) is 32.8 Å². The van der Waals surface area contributed by atoms with Crippen LogP contribution in [0.5, 0.6) is 5.75 Å². The fourth-order valence-corrected chi connectivity index (χ4v) is 4.49. The molecule has 0 atom stereocenters. The Hall–Kier alpha value is -4.24. The number of methoxy groups -OCH3 is 1. The first-order chi connectivity index (χ1) is 15.7. The second kappa shape index (κ2) is 8.12. The van der Waals surface area contributed by atoms with E-state index >= 15 is 0 Å². The lowest BCUT2D eigenvalue weighted by molar-refractivity contribution is 0.100. The normalized spacial score (nSPS) is 10.9. The Morgan fingerprint density at radius 1 is 1.09 bits per heavy atom. The van der Waals surface area contributed by atoms with E-state index in [4.69, 9.17) is 15.5 Å². The van der Waals surface area contributed by atoms with E-state index in [1.165, 1.54) is 11.3 Å². The smallest absolute Gasteiger partial charge is 0.259 e. The zero-order valence-corrected chi connectivity index (χ0v) is 17.8. The summed E-state index contributed by atoms with van der Waals surface area (Å²) in [5, 5.41) is 7.61. The maximum atomic E-state index is 12.2. The highest BCUT2D eigenvalue weighted by atomic mass is 32.1. The monoisotopic (exact) mass is 442 g/mol. The lowest BCUT2D eigenvalue weighted by Gasteiger charge is -2.10. The fourth-order valence-electron chi connectivity index (χ4n) is 3.52. The number of fused-ring (bicyclic) bond motifs is 1. The van der Waals surface area contributed by atoms with Gasteiger partial charge in [-0.05, 0) is 18.2 Å². The molecule has 32 heavy (non-hydrogen) atoms. The van der Waals surface area contributed by atoms with Gasteiger partial charge in [-0.1, -0.05) is 36.4 Å². The van der Waals surface area contributed by atoms with Crippen molar-refractivity contribution < 1.29 is 9.53 Å². The van der Waals surface area contributed by atoms with E-state index in [1.54, 1.807) is 24.2 Å². The lowest BCUT2D eigenvalue weighted by atomic mass is 10.0. The van der Waals surface area contributed by atoms with Crippen LogP contribution in [0.2, 0.25) is 0 Å². The number of rotatable bonds is 6. The molecule has 0 bridgehead atoms. The van der Waals surface area contributed by atoms with Gasteiger partial charge in [0, 0.05) is 17.2 Å². The highest BCUT2D eigenvalue weighted by molar-refractivity contribution is 7.21. The molecular formula is C23H18N6O2S. The topological polar surface area (TPSA) is 108 Å². The molecule has 0 spiro atoms. The van der Waals surface area contributed by atoms with Crippen molar-refractivity contribution in [1.29, 1.82) is 0 Å². The molecule has 0 saturated carbocycles. The van der Waals surface area contributed by atoms with Crippen molar-refractivity contribution in [3.05, 3.63) is 77.9 Å². The summed E-state index contributed by atoms with van der Waals surface area (Å²) in [6.07, 6.45) is 3.38. The van der Waals surface area contributed by atoms with E-state index in [1.807, 2.05) is 60.7 Å². The number of thiophene rings is 1. The van der Waals surface area contributed by atoms with Crippen molar-refractivity contribution in [2.24, 2.45) is 5.73 Å². The van der Waals surface area contributed by atoms with Crippen LogP contribution in [0.3, 0.4) is 0 Å². The number of nitrogens with zero attached hydrogens (tertiary/aromatic N) is 4. The first kappa shape index (κ1) is 19.7. The number of nitrogens with two attached hydrogens (primary N) is 1. The van der Waals surface area contributed by atoms with Crippen molar-refractivity contribution in [1.82, 2.24) is 19.7 Å². The third kappa shape index (κ3) is 3.44. The first-order valence-electron chi connectivity index (χ1n) is 9.75. The number of nitrogens with one attached hydrogen (secondary N) is 1. The largest absolute Gasteiger partial charge is 0.496 e.